The lowest BCUT2D eigenvalue weighted by Gasteiger charge is -1.90. The van der Waals surface area contributed by atoms with Crippen LogP contribution in [0.25, 0.3) is 0 Å². The van der Waals surface area contributed by atoms with Crippen molar-refractivity contribution < 1.29 is 0 Å². The number of halogens is 1. The standard InChI is InChI=1S/C6H6BrN.C5H8N2.2C2H6/c1-5-2-3-8-4-6(5)7;1-4-5(2)7-3-6-4;2*1-2/h2-4H,1H3;3H,1-2H3,(H,6,7);2*1-2H3. The molecule has 0 unspecified atom stereocenters. The first kappa shape index (κ1) is 20.2. The molecule has 0 bridgehead atoms. The topological polar surface area (TPSA) is 41.6 Å². The Kier molecular flexibility index (Phi) is 14.1. The minimum atomic E-state index is 1.07. The smallest absolute Gasteiger partial charge is 0.0925 e. The van der Waals surface area contributed by atoms with Crippen LogP contribution in [-0.2, 0) is 0 Å². The first-order valence-electron chi connectivity index (χ1n) is 6.64. The van der Waals surface area contributed by atoms with Gasteiger partial charge in [-0.3, -0.25) is 4.98 Å². The number of H-pyrrole nitrogens is 1. The molecule has 0 atom stereocenters. The second-order valence-electron chi connectivity index (χ2n) is 3.24. The molecule has 108 valence electrons. The Morgan fingerprint density at radius 3 is 1.84 bits per heavy atom. The van der Waals surface area contributed by atoms with Gasteiger partial charge in [-0.25, -0.2) is 4.98 Å². The van der Waals surface area contributed by atoms with Gasteiger partial charge in [-0.15, -0.1) is 0 Å². The van der Waals surface area contributed by atoms with Crippen molar-refractivity contribution >= 4 is 15.9 Å². The van der Waals surface area contributed by atoms with Crippen LogP contribution in [0, 0.1) is 20.8 Å². The zero-order valence-electron chi connectivity index (χ0n) is 13.1. The number of aromatic nitrogens is 3. The van der Waals surface area contributed by atoms with Gasteiger partial charge in [-0.05, 0) is 48.3 Å². The number of aryl methyl sites for hydroxylation is 3. The molecule has 0 aromatic carbocycles. The van der Waals surface area contributed by atoms with Gasteiger partial charge in [0.2, 0.25) is 0 Å². The van der Waals surface area contributed by atoms with E-state index >= 15 is 0 Å². The molecular formula is C15H26BrN3. The molecule has 3 nitrogen and oxygen atoms in total. The Balaban J connectivity index is 0. The van der Waals surface area contributed by atoms with Gasteiger partial charge in [0.15, 0.2) is 0 Å². The van der Waals surface area contributed by atoms with E-state index in [0.29, 0.717) is 0 Å². The number of hydrogen-bond donors (Lipinski definition) is 1. The number of nitrogens with zero attached hydrogens (tertiary/aromatic N) is 2. The molecule has 4 heteroatoms. The van der Waals surface area contributed by atoms with E-state index in [-0.39, 0.29) is 0 Å². The number of nitrogens with one attached hydrogen (secondary N) is 1. The molecule has 0 saturated carbocycles. The summed E-state index contributed by atoms with van der Waals surface area (Å²) >= 11 is 3.33. The third-order valence-corrected chi connectivity index (χ3v) is 2.89. The second kappa shape index (κ2) is 13.3. The van der Waals surface area contributed by atoms with Crippen LogP contribution in [0.5, 0.6) is 0 Å². The Morgan fingerprint density at radius 2 is 1.63 bits per heavy atom. The number of pyridine rings is 1. The predicted molar refractivity (Wildman–Crippen MR) is 87.4 cm³/mol. The molecule has 0 aliphatic rings. The number of aromatic amines is 1. The van der Waals surface area contributed by atoms with Gasteiger partial charge in [-0.1, -0.05) is 27.7 Å². The lowest BCUT2D eigenvalue weighted by atomic mass is 10.3. The monoisotopic (exact) mass is 327 g/mol. The van der Waals surface area contributed by atoms with E-state index < -0.39 is 0 Å². The van der Waals surface area contributed by atoms with Crippen molar-refractivity contribution in [2.45, 2.75) is 48.5 Å². The lowest BCUT2D eigenvalue weighted by Crippen LogP contribution is -1.74. The van der Waals surface area contributed by atoms with Crippen molar-refractivity contribution in [2.75, 3.05) is 0 Å². The molecule has 2 rings (SSSR count). The number of hydrogen-bond acceptors (Lipinski definition) is 2. The van der Waals surface area contributed by atoms with Gasteiger partial charge in [0, 0.05) is 22.6 Å². The van der Waals surface area contributed by atoms with Crippen LogP contribution in [0.15, 0.2) is 29.3 Å². The number of imidazole rings is 1. The van der Waals surface area contributed by atoms with Gasteiger partial charge >= 0.3 is 0 Å². The zero-order chi connectivity index (χ0) is 15.3. The summed E-state index contributed by atoms with van der Waals surface area (Å²) in [6.45, 7) is 14.0. The van der Waals surface area contributed by atoms with E-state index in [1.165, 1.54) is 5.56 Å². The maximum Gasteiger partial charge on any atom is 0.0925 e. The van der Waals surface area contributed by atoms with Gasteiger partial charge in [0.05, 0.1) is 12.0 Å². The molecule has 1 N–H and O–H groups in total. The predicted octanol–water partition coefficient (Wildman–Crippen LogP) is 5.23. The molecule has 0 fully saturated rings. The minimum absolute atomic E-state index is 1.07. The summed E-state index contributed by atoms with van der Waals surface area (Å²) in [6, 6.07) is 1.96. The van der Waals surface area contributed by atoms with Crippen LogP contribution in [0.4, 0.5) is 0 Å². The molecule has 2 aromatic rings. The summed E-state index contributed by atoms with van der Waals surface area (Å²) < 4.78 is 1.07. The van der Waals surface area contributed by atoms with Crippen LogP contribution in [0.2, 0.25) is 0 Å². The van der Waals surface area contributed by atoms with E-state index in [4.69, 9.17) is 0 Å². The first-order valence-corrected chi connectivity index (χ1v) is 7.43. The average Bonchev–Trinajstić information content (AvgIpc) is 2.83. The molecule has 19 heavy (non-hydrogen) atoms. The van der Waals surface area contributed by atoms with Crippen LogP contribution in [0.1, 0.15) is 44.6 Å². The SMILES string of the molecule is CC.CC.Cc1ccncc1Br.Cc1nc[nH]c1C. The molecule has 0 amide bonds. The Morgan fingerprint density at radius 1 is 1.05 bits per heavy atom. The normalized spacial score (nSPS) is 8.00. The highest BCUT2D eigenvalue weighted by atomic mass is 79.9. The third-order valence-electron chi connectivity index (χ3n) is 2.06. The maximum atomic E-state index is 3.96. The molecule has 0 aliphatic heterocycles. The Bertz CT molecular complexity index is 387. The number of rotatable bonds is 0. The van der Waals surface area contributed by atoms with E-state index in [9.17, 15) is 0 Å². The summed E-state index contributed by atoms with van der Waals surface area (Å²) in [7, 11) is 0. The molecule has 2 heterocycles. The molecule has 0 aliphatic carbocycles. The summed E-state index contributed by atoms with van der Waals surface area (Å²) in [5.41, 5.74) is 3.46. The maximum absolute atomic E-state index is 3.96. The van der Waals surface area contributed by atoms with Crippen LogP contribution in [-0.4, -0.2) is 15.0 Å². The van der Waals surface area contributed by atoms with Gasteiger partial charge < -0.3 is 4.98 Å². The van der Waals surface area contributed by atoms with E-state index in [1.54, 1.807) is 18.7 Å². The lowest BCUT2D eigenvalue weighted by molar-refractivity contribution is 1.22. The first-order chi connectivity index (χ1) is 9.11. The summed E-state index contributed by atoms with van der Waals surface area (Å²) in [6.07, 6.45) is 5.26. The van der Waals surface area contributed by atoms with Crippen molar-refractivity contribution in [3.8, 4) is 0 Å². The van der Waals surface area contributed by atoms with Crippen LogP contribution < -0.4 is 0 Å². The van der Waals surface area contributed by atoms with Crippen molar-refractivity contribution in [1.82, 2.24) is 15.0 Å². The summed E-state index contributed by atoms with van der Waals surface area (Å²) in [4.78, 5) is 10.8. The third kappa shape index (κ3) is 9.42. The fraction of sp³-hybridized carbons (Fsp3) is 0.467. The Labute approximate surface area is 126 Å². The fourth-order valence-electron chi connectivity index (χ4n) is 0.872. The van der Waals surface area contributed by atoms with Crippen molar-refractivity contribution in [3.05, 3.63) is 46.2 Å². The highest BCUT2D eigenvalue weighted by molar-refractivity contribution is 9.10. The van der Waals surface area contributed by atoms with Gasteiger partial charge in [0.1, 0.15) is 0 Å². The molecule has 0 saturated heterocycles. The Hall–Kier alpha value is -1.16. The van der Waals surface area contributed by atoms with Gasteiger partial charge in [0.25, 0.3) is 0 Å². The summed E-state index contributed by atoms with van der Waals surface area (Å²) in [5.74, 6) is 0. The van der Waals surface area contributed by atoms with Crippen LogP contribution in [0.3, 0.4) is 0 Å². The second-order valence-corrected chi connectivity index (χ2v) is 4.09. The molecular weight excluding hydrogens is 302 g/mol. The van der Waals surface area contributed by atoms with Crippen molar-refractivity contribution in [1.29, 1.82) is 0 Å². The largest absolute Gasteiger partial charge is 0.348 e. The highest BCUT2D eigenvalue weighted by Crippen LogP contribution is 2.11. The van der Waals surface area contributed by atoms with E-state index in [0.717, 1.165) is 15.9 Å². The van der Waals surface area contributed by atoms with Crippen molar-refractivity contribution in [3.63, 3.8) is 0 Å². The van der Waals surface area contributed by atoms with Crippen LogP contribution >= 0.6 is 15.9 Å². The van der Waals surface area contributed by atoms with Gasteiger partial charge in [-0.2, -0.15) is 0 Å². The fourth-order valence-corrected chi connectivity index (χ4v) is 1.12. The highest BCUT2D eigenvalue weighted by Gasteiger charge is 1.88. The van der Waals surface area contributed by atoms with E-state index in [2.05, 4.69) is 30.9 Å². The summed E-state index contributed by atoms with van der Waals surface area (Å²) in [5, 5.41) is 0. The quantitative estimate of drug-likeness (QED) is 0.719. The van der Waals surface area contributed by atoms with Crippen molar-refractivity contribution in [2.24, 2.45) is 0 Å². The minimum Gasteiger partial charge on any atom is -0.348 e. The molecule has 2 aromatic heterocycles. The molecule has 0 radical (unpaired) electrons. The average molecular weight is 328 g/mol. The van der Waals surface area contributed by atoms with E-state index in [1.807, 2.05) is 54.5 Å². The zero-order valence-corrected chi connectivity index (χ0v) is 14.7. The molecule has 0 spiro atoms.